The first-order valence-corrected chi connectivity index (χ1v) is 13.6. The summed E-state index contributed by atoms with van der Waals surface area (Å²) in [6.45, 7) is 1.57. The number of amides is 2. The molecule has 5 aromatic rings. The molecule has 42 heavy (non-hydrogen) atoms. The number of primary amides is 1. The summed E-state index contributed by atoms with van der Waals surface area (Å²) in [4.78, 5) is 51.1. The van der Waals surface area contributed by atoms with Gasteiger partial charge in [0, 0.05) is 11.3 Å². The third-order valence-corrected chi connectivity index (χ3v) is 7.41. The predicted molar refractivity (Wildman–Crippen MR) is 157 cm³/mol. The minimum Gasteiger partial charge on any atom is -0.484 e. The number of carbonyl (C=O) groups excluding carboxylic acids is 3. The third-order valence-electron chi connectivity index (χ3n) is 6.34. The van der Waals surface area contributed by atoms with E-state index in [9.17, 15) is 18.8 Å². The number of ether oxygens (including phenoxy) is 1. The van der Waals surface area contributed by atoms with Crippen LogP contribution in [0.5, 0.6) is 5.75 Å². The van der Waals surface area contributed by atoms with Crippen molar-refractivity contribution < 1.29 is 23.5 Å². The van der Waals surface area contributed by atoms with E-state index < -0.39 is 23.5 Å². The molecule has 0 aliphatic carbocycles. The van der Waals surface area contributed by atoms with Crippen LogP contribution in [0.3, 0.4) is 0 Å². The van der Waals surface area contributed by atoms with Gasteiger partial charge >= 0.3 is 0 Å². The molecule has 214 valence electrons. The standard InChI is InChI=1S/C29H26FN7O4S/c1-16(28(32)40)37(19-10-8-18(30)9-11-19)29-36-27(31)26(42-29)25(39)17-6-12-20(13-7-17)41-15-24(38)33-14-23-34-21-4-2-3-5-22(21)35-23/h2-13,16H,14-15,31H2,1H3,(H2,32,40)(H,33,38)(H,34,35)/t16-/m1/s1. The van der Waals surface area contributed by atoms with Crippen molar-refractivity contribution in [3.8, 4) is 5.75 Å². The molecular weight excluding hydrogens is 561 g/mol. The zero-order valence-electron chi connectivity index (χ0n) is 22.3. The molecule has 0 radical (unpaired) electrons. The van der Waals surface area contributed by atoms with Crippen LogP contribution in [0.1, 0.15) is 28.0 Å². The van der Waals surface area contributed by atoms with Gasteiger partial charge in [-0.15, -0.1) is 0 Å². The number of nitrogens with zero attached hydrogens (tertiary/aromatic N) is 3. The fourth-order valence-electron chi connectivity index (χ4n) is 4.12. The van der Waals surface area contributed by atoms with Crippen LogP contribution < -0.4 is 26.4 Å². The maximum absolute atomic E-state index is 13.5. The molecule has 0 bridgehead atoms. The lowest BCUT2D eigenvalue weighted by molar-refractivity contribution is -0.123. The van der Waals surface area contributed by atoms with Crippen LogP contribution in [0.4, 0.5) is 21.0 Å². The van der Waals surface area contributed by atoms with Gasteiger partial charge in [-0.05, 0) is 67.6 Å². The lowest BCUT2D eigenvalue weighted by Gasteiger charge is -2.26. The zero-order chi connectivity index (χ0) is 29.8. The number of thiazole rings is 1. The van der Waals surface area contributed by atoms with Gasteiger partial charge in [-0.2, -0.15) is 0 Å². The second-order valence-corrected chi connectivity index (χ2v) is 10.2. The number of rotatable bonds is 11. The molecular formula is C29H26FN7O4S. The SMILES string of the molecule is C[C@H](C(N)=O)N(c1ccc(F)cc1)c1nc(N)c(C(=O)c2ccc(OCC(=O)NCc3nc4ccccc4[nH]3)cc2)s1. The van der Waals surface area contributed by atoms with Crippen molar-refractivity contribution in [3.63, 3.8) is 0 Å². The van der Waals surface area contributed by atoms with Crippen molar-refractivity contribution >= 4 is 56.6 Å². The van der Waals surface area contributed by atoms with Crippen molar-refractivity contribution in [2.75, 3.05) is 17.2 Å². The Balaban J connectivity index is 1.22. The van der Waals surface area contributed by atoms with Gasteiger partial charge in [0.15, 0.2) is 11.7 Å². The minimum atomic E-state index is -0.851. The molecule has 11 nitrogen and oxygen atoms in total. The number of benzene rings is 3. The summed E-state index contributed by atoms with van der Waals surface area (Å²) in [5, 5.41) is 3.00. The number of hydrogen-bond acceptors (Lipinski definition) is 9. The Morgan fingerprint density at radius 2 is 1.76 bits per heavy atom. The number of hydrogen-bond donors (Lipinski definition) is 4. The van der Waals surface area contributed by atoms with Crippen LogP contribution in [0.15, 0.2) is 72.8 Å². The Hall–Kier alpha value is -5.30. The predicted octanol–water partition coefficient (Wildman–Crippen LogP) is 3.68. The van der Waals surface area contributed by atoms with E-state index in [-0.39, 0.29) is 34.9 Å². The summed E-state index contributed by atoms with van der Waals surface area (Å²) in [5.41, 5.74) is 14.1. The second-order valence-electron chi connectivity index (χ2n) is 9.26. The number of carbonyl (C=O) groups is 3. The molecule has 0 unspecified atom stereocenters. The average molecular weight is 588 g/mol. The number of aromatic amines is 1. The highest BCUT2D eigenvalue weighted by atomic mass is 32.1. The topological polar surface area (TPSA) is 169 Å². The number of nitrogen functional groups attached to an aromatic ring is 1. The van der Waals surface area contributed by atoms with E-state index in [2.05, 4.69) is 20.3 Å². The van der Waals surface area contributed by atoms with Gasteiger partial charge in [0.1, 0.15) is 34.1 Å². The van der Waals surface area contributed by atoms with Crippen LogP contribution in [0.2, 0.25) is 0 Å². The smallest absolute Gasteiger partial charge is 0.258 e. The fraction of sp³-hybridized carbons (Fsp3) is 0.138. The monoisotopic (exact) mass is 587 g/mol. The van der Waals surface area contributed by atoms with Crippen molar-refractivity contribution in [1.82, 2.24) is 20.3 Å². The van der Waals surface area contributed by atoms with E-state index >= 15 is 0 Å². The van der Waals surface area contributed by atoms with E-state index in [0.29, 0.717) is 22.8 Å². The van der Waals surface area contributed by atoms with E-state index in [4.69, 9.17) is 16.2 Å². The lowest BCUT2D eigenvalue weighted by Crippen LogP contribution is -2.39. The Labute approximate surface area is 243 Å². The van der Waals surface area contributed by atoms with Crippen LogP contribution in [0, 0.1) is 5.82 Å². The van der Waals surface area contributed by atoms with Crippen LogP contribution in [-0.2, 0) is 16.1 Å². The summed E-state index contributed by atoms with van der Waals surface area (Å²) in [7, 11) is 0. The molecule has 0 fully saturated rings. The molecule has 0 spiro atoms. The molecule has 2 aromatic heterocycles. The lowest BCUT2D eigenvalue weighted by atomic mass is 10.1. The van der Waals surface area contributed by atoms with E-state index in [1.165, 1.54) is 29.2 Å². The number of halogens is 1. The van der Waals surface area contributed by atoms with Crippen LogP contribution >= 0.6 is 11.3 Å². The molecule has 3 aromatic carbocycles. The summed E-state index contributed by atoms with van der Waals surface area (Å²) < 4.78 is 19.1. The van der Waals surface area contributed by atoms with Crippen molar-refractivity contribution in [2.45, 2.75) is 19.5 Å². The fourth-order valence-corrected chi connectivity index (χ4v) is 5.17. The largest absolute Gasteiger partial charge is 0.484 e. The van der Waals surface area contributed by atoms with Crippen molar-refractivity contribution in [3.05, 3.63) is 94.9 Å². The molecule has 2 heterocycles. The summed E-state index contributed by atoms with van der Waals surface area (Å²) in [5.74, 6) is -0.821. The number of H-pyrrole nitrogens is 1. The Bertz CT molecular complexity index is 1720. The quantitative estimate of drug-likeness (QED) is 0.170. The molecule has 5 rings (SSSR count). The Kier molecular flexibility index (Phi) is 8.11. The zero-order valence-corrected chi connectivity index (χ0v) is 23.2. The van der Waals surface area contributed by atoms with E-state index in [0.717, 1.165) is 22.4 Å². The number of ketones is 1. The highest BCUT2D eigenvalue weighted by Crippen LogP contribution is 2.36. The number of aromatic nitrogens is 3. The number of imidazole rings is 1. The van der Waals surface area contributed by atoms with E-state index in [1.54, 1.807) is 31.2 Å². The summed E-state index contributed by atoms with van der Waals surface area (Å²) >= 11 is 0.985. The van der Waals surface area contributed by atoms with Crippen molar-refractivity contribution in [1.29, 1.82) is 0 Å². The molecule has 6 N–H and O–H groups in total. The minimum absolute atomic E-state index is 0.0229. The molecule has 0 aliphatic rings. The van der Waals surface area contributed by atoms with E-state index in [1.807, 2.05) is 24.3 Å². The first-order chi connectivity index (χ1) is 20.2. The van der Waals surface area contributed by atoms with Gasteiger partial charge in [0.05, 0.1) is 17.6 Å². The average Bonchev–Trinajstić information content (AvgIpc) is 3.58. The Morgan fingerprint density at radius 3 is 2.45 bits per heavy atom. The highest BCUT2D eigenvalue weighted by Gasteiger charge is 2.27. The molecule has 0 saturated carbocycles. The molecule has 0 aliphatic heterocycles. The molecule has 0 saturated heterocycles. The summed E-state index contributed by atoms with van der Waals surface area (Å²) in [6, 6.07) is 18.4. The first kappa shape index (κ1) is 28.2. The number of anilines is 3. The van der Waals surface area contributed by atoms with Gasteiger partial charge < -0.3 is 31.4 Å². The van der Waals surface area contributed by atoms with Crippen LogP contribution in [-0.4, -0.2) is 45.2 Å². The van der Waals surface area contributed by atoms with Gasteiger partial charge in [0.25, 0.3) is 5.91 Å². The number of nitrogens with one attached hydrogen (secondary N) is 2. The highest BCUT2D eigenvalue weighted by molar-refractivity contribution is 7.18. The second kappa shape index (κ2) is 12.1. The Morgan fingerprint density at radius 1 is 1.05 bits per heavy atom. The number of nitrogens with two attached hydrogens (primary N) is 2. The maximum Gasteiger partial charge on any atom is 0.258 e. The van der Waals surface area contributed by atoms with Gasteiger partial charge in [-0.1, -0.05) is 23.5 Å². The maximum atomic E-state index is 13.5. The molecule has 2 amide bonds. The van der Waals surface area contributed by atoms with Crippen LogP contribution in [0.25, 0.3) is 11.0 Å². The van der Waals surface area contributed by atoms with Gasteiger partial charge in [-0.3, -0.25) is 14.4 Å². The molecule has 13 heteroatoms. The van der Waals surface area contributed by atoms with Gasteiger partial charge in [0.2, 0.25) is 11.7 Å². The van der Waals surface area contributed by atoms with Gasteiger partial charge in [-0.25, -0.2) is 14.4 Å². The summed E-state index contributed by atoms with van der Waals surface area (Å²) in [6.07, 6.45) is 0. The first-order valence-electron chi connectivity index (χ1n) is 12.8. The third kappa shape index (κ3) is 6.20. The normalized spacial score (nSPS) is 11.7. The van der Waals surface area contributed by atoms with Crippen molar-refractivity contribution in [2.24, 2.45) is 5.73 Å². The number of fused-ring (bicyclic) bond motifs is 1. The number of para-hydroxylation sites is 2. The molecule has 1 atom stereocenters.